The molecule has 1 aromatic carbocycles. The Hall–Kier alpha value is -2.60. The van der Waals surface area contributed by atoms with Gasteiger partial charge in [0.25, 0.3) is 0 Å². The van der Waals surface area contributed by atoms with E-state index in [-0.39, 0.29) is 0 Å². The van der Waals surface area contributed by atoms with Crippen LogP contribution < -0.4 is 0 Å². The van der Waals surface area contributed by atoms with Crippen molar-refractivity contribution in [3.63, 3.8) is 0 Å². The van der Waals surface area contributed by atoms with Gasteiger partial charge in [0.15, 0.2) is 0 Å². The summed E-state index contributed by atoms with van der Waals surface area (Å²) in [5.41, 5.74) is 15.3. The topological polar surface area (TPSA) is 0 Å². The van der Waals surface area contributed by atoms with E-state index in [0.717, 1.165) is 25.7 Å². The molecule has 160 valence electrons. The molecule has 2 unspecified atom stereocenters. The summed E-state index contributed by atoms with van der Waals surface area (Å²) in [6.07, 6.45) is 16.0. The second-order valence-corrected chi connectivity index (χ2v) is 9.67. The number of rotatable bonds is 5. The molecule has 3 aliphatic carbocycles. The molecule has 0 bridgehead atoms. The molecule has 0 heteroatoms. The van der Waals surface area contributed by atoms with Crippen molar-refractivity contribution in [3.05, 3.63) is 111 Å². The lowest BCUT2D eigenvalue weighted by atomic mass is 9.68. The van der Waals surface area contributed by atoms with Crippen LogP contribution in [-0.4, -0.2) is 0 Å². The monoisotopic (exact) mass is 408 g/mol. The van der Waals surface area contributed by atoms with Gasteiger partial charge < -0.3 is 0 Å². The smallest absolute Gasteiger partial charge is 0.0166 e. The van der Waals surface area contributed by atoms with Crippen LogP contribution >= 0.6 is 0 Å². The quantitative estimate of drug-likeness (QED) is 0.457. The molecule has 0 spiro atoms. The van der Waals surface area contributed by atoms with Crippen LogP contribution in [0.15, 0.2) is 88.6 Å². The van der Waals surface area contributed by atoms with E-state index in [0.29, 0.717) is 11.8 Å². The van der Waals surface area contributed by atoms with Crippen molar-refractivity contribution in [1.29, 1.82) is 0 Å². The molecular formula is C31H36. The predicted molar refractivity (Wildman–Crippen MR) is 136 cm³/mol. The van der Waals surface area contributed by atoms with Crippen LogP contribution in [0, 0.1) is 32.6 Å². The van der Waals surface area contributed by atoms with E-state index in [1.165, 1.54) is 61.3 Å². The van der Waals surface area contributed by atoms with E-state index in [2.05, 4.69) is 90.3 Å². The molecule has 0 nitrogen and oxygen atoms in total. The van der Waals surface area contributed by atoms with Crippen LogP contribution in [0.3, 0.4) is 0 Å². The van der Waals surface area contributed by atoms with Crippen LogP contribution in [0.5, 0.6) is 0 Å². The minimum Gasteiger partial charge on any atom is -0.0955 e. The molecule has 0 saturated heterocycles. The maximum atomic E-state index is 4.67. The Balaban J connectivity index is 1.78. The molecule has 0 radical (unpaired) electrons. The standard InChI is InChI=1S/C31H36/c1-8-11-20(3)29-22(5)16-28-18-27(17-26-15-19(2)14-21(4)23(26)6)24(7)30(28)31(29)25-12-9-10-13-25/h9-10,12,14-17,30-31H,3,7-8,11,13,18H2,1-2,4-6H3/b27-17-. The normalized spacial score (nSPS) is 24.0. The number of aryl methyl sites for hydroxylation is 2. The summed E-state index contributed by atoms with van der Waals surface area (Å²) in [4.78, 5) is 0. The van der Waals surface area contributed by atoms with Gasteiger partial charge in [0.05, 0.1) is 0 Å². The lowest BCUT2D eigenvalue weighted by molar-refractivity contribution is 0.555. The highest BCUT2D eigenvalue weighted by molar-refractivity contribution is 5.69. The van der Waals surface area contributed by atoms with E-state index in [1.807, 2.05) is 0 Å². The fourth-order valence-corrected chi connectivity index (χ4v) is 5.77. The Bertz CT molecular complexity index is 1110. The molecule has 4 rings (SSSR count). The lowest BCUT2D eigenvalue weighted by Crippen LogP contribution is -2.24. The summed E-state index contributed by atoms with van der Waals surface area (Å²) < 4.78 is 0. The minimum atomic E-state index is 0.371. The summed E-state index contributed by atoms with van der Waals surface area (Å²) >= 11 is 0. The van der Waals surface area contributed by atoms with Gasteiger partial charge in [0.1, 0.15) is 0 Å². The van der Waals surface area contributed by atoms with Gasteiger partial charge in [-0.1, -0.05) is 91.3 Å². The van der Waals surface area contributed by atoms with Crippen molar-refractivity contribution in [2.45, 2.75) is 60.3 Å². The number of allylic oxidation sites excluding steroid dienone is 11. The lowest BCUT2D eigenvalue weighted by Gasteiger charge is -2.35. The van der Waals surface area contributed by atoms with E-state index >= 15 is 0 Å². The van der Waals surface area contributed by atoms with Crippen LogP contribution in [0.4, 0.5) is 0 Å². The zero-order chi connectivity index (χ0) is 22.3. The molecule has 0 N–H and O–H groups in total. The highest BCUT2D eigenvalue weighted by Crippen LogP contribution is 2.54. The molecule has 0 heterocycles. The van der Waals surface area contributed by atoms with Crippen molar-refractivity contribution < 1.29 is 0 Å². The highest BCUT2D eigenvalue weighted by Gasteiger charge is 2.41. The highest BCUT2D eigenvalue weighted by atomic mass is 14.4. The third-order valence-electron chi connectivity index (χ3n) is 7.37. The number of hydrogen-bond acceptors (Lipinski definition) is 0. The SMILES string of the molecule is C=C(CCC)C1=C(C)C=C2C/C(=C/c3cc(C)cc(C)c3C)C(=C)C2C1C1=CC=CC1. The van der Waals surface area contributed by atoms with Crippen molar-refractivity contribution in [2.75, 3.05) is 0 Å². The minimum absolute atomic E-state index is 0.371. The largest absolute Gasteiger partial charge is 0.0955 e. The fraction of sp³-hybridized carbons (Fsp3) is 0.355. The van der Waals surface area contributed by atoms with Gasteiger partial charge in [-0.05, 0) is 85.9 Å². The van der Waals surface area contributed by atoms with E-state index in [9.17, 15) is 0 Å². The van der Waals surface area contributed by atoms with Gasteiger partial charge in [-0.15, -0.1) is 0 Å². The molecule has 2 atom stereocenters. The second kappa shape index (κ2) is 8.50. The van der Waals surface area contributed by atoms with Crippen molar-refractivity contribution in [3.8, 4) is 0 Å². The Kier molecular flexibility index (Phi) is 5.93. The molecule has 1 fully saturated rings. The molecular weight excluding hydrogens is 372 g/mol. The van der Waals surface area contributed by atoms with E-state index in [4.69, 9.17) is 0 Å². The molecule has 31 heavy (non-hydrogen) atoms. The van der Waals surface area contributed by atoms with E-state index < -0.39 is 0 Å². The summed E-state index contributed by atoms with van der Waals surface area (Å²) in [5.74, 6) is 0.753. The van der Waals surface area contributed by atoms with Crippen molar-refractivity contribution in [1.82, 2.24) is 0 Å². The summed E-state index contributed by atoms with van der Waals surface area (Å²) in [5, 5.41) is 0. The fourth-order valence-electron chi connectivity index (χ4n) is 5.77. The zero-order valence-electron chi connectivity index (χ0n) is 19.9. The van der Waals surface area contributed by atoms with Gasteiger partial charge in [0.2, 0.25) is 0 Å². The average Bonchev–Trinajstić information content (AvgIpc) is 3.34. The van der Waals surface area contributed by atoms with Gasteiger partial charge >= 0.3 is 0 Å². The van der Waals surface area contributed by atoms with Crippen LogP contribution in [-0.2, 0) is 0 Å². The zero-order valence-corrected chi connectivity index (χ0v) is 19.9. The van der Waals surface area contributed by atoms with Gasteiger partial charge in [-0.2, -0.15) is 0 Å². The van der Waals surface area contributed by atoms with Gasteiger partial charge in [-0.3, -0.25) is 0 Å². The Labute approximate surface area is 189 Å². The Morgan fingerprint density at radius 2 is 1.87 bits per heavy atom. The number of hydrogen-bond donors (Lipinski definition) is 0. The summed E-state index contributed by atoms with van der Waals surface area (Å²) in [6, 6.07) is 4.59. The summed E-state index contributed by atoms with van der Waals surface area (Å²) in [6.45, 7) is 20.4. The Morgan fingerprint density at radius 3 is 2.55 bits per heavy atom. The first-order valence-corrected chi connectivity index (χ1v) is 11.7. The van der Waals surface area contributed by atoms with Gasteiger partial charge in [-0.25, -0.2) is 0 Å². The molecule has 1 aromatic rings. The Morgan fingerprint density at radius 1 is 1.10 bits per heavy atom. The second-order valence-electron chi connectivity index (χ2n) is 9.67. The first-order valence-electron chi connectivity index (χ1n) is 11.7. The third kappa shape index (κ3) is 3.89. The first kappa shape index (κ1) is 21.6. The van der Waals surface area contributed by atoms with Crippen LogP contribution in [0.1, 0.15) is 61.8 Å². The van der Waals surface area contributed by atoms with Crippen LogP contribution in [0.25, 0.3) is 6.08 Å². The molecule has 0 aliphatic heterocycles. The summed E-state index contributed by atoms with van der Waals surface area (Å²) in [7, 11) is 0. The van der Waals surface area contributed by atoms with Crippen molar-refractivity contribution in [2.24, 2.45) is 11.8 Å². The first-order chi connectivity index (χ1) is 14.8. The van der Waals surface area contributed by atoms with Crippen LogP contribution in [0.2, 0.25) is 0 Å². The maximum absolute atomic E-state index is 4.67. The molecule has 0 amide bonds. The third-order valence-corrected chi connectivity index (χ3v) is 7.37. The van der Waals surface area contributed by atoms with Crippen molar-refractivity contribution >= 4 is 6.08 Å². The number of benzene rings is 1. The predicted octanol–water partition coefficient (Wildman–Crippen LogP) is 8.69. The van der Waals surface area contributed by atoms with Gasteiger partial charge in [0, 0.05) is 11.8 Å². The van der Waals surface area contributed by atoms with E-state index in [1.54, 1.807) is 0 Å². The number of fused-ring (bicyclic) bond motifs is 1. The molecule has 3 aliphatic rings. The maximum Gasteiger partial charge on any atom is 0.0166 e. The average molecular weight is 409 g/mol. The molecule has 1 saturated carbocycles. The molecule has 0 aromatic heterocycles.